The molecule has 2 fully saturated rings. The number of rotatable bonds is 2. The van der Waals surface area contributed by atoms with Crippen molar-refractivity contribution < 1.29 is 9.53 Å². The third-order valence-electron chi connectivity index (χ3n) is 4.92. The minimum absolute atomic E-state index is 0.00877. The SMILES string of the molecule is CC(C)C(=O)O[C@H]1C[C@@H]2CC2(C)C1(C)C. The Labute approximate surface area is 92.4 Å². The van der Waals surface area contributed by atoms with Gasteiger partial charge in [-0.3, -0.25) is 4.79 Å². The summed E-state index contributed by atoms with van der Waals surface area (Å²) in [4.78, 5) is 11.6. The number of ether oxygens (including phenoxy) is 1. The lowest BCUT2D eigenvalue weighted by atomic mass is 9.76. The van der Waals surface area contributed by atoms with Crippen molar-refractivity contribution in [2.24, 2.45) is 22.7 Å². The van der Waals surface area contributed by atoms with E-state index in [1.807, 2.05) is 13.8 Å². The molecule has 0 N–H and O–H groups in total. The van der Waals surface area contributed by atoms with E-state index in [0.717, 1.165) is 12.3 Å². The fourth-order valence-corrected chi connectivity index (χ4v) is 2.98. The molecule has 0 amide bonds. The first-order valence-electron chi connectivity index (χ1n) is 5.99. The third kappa shape index (κ3) is 1.41. The van der Waals surface area contributed by atoms with E-state index in [4.69, 9.17) is 4.74 Å². The molecule has 0 radical (unpaired) electrons. The lowest BCUT2D eigenvalue weighted by molar-refractivity contribution is -0.159. The fraction of sp³-hybridized carbons (Fsp3) is 0.923. The molecule has 0 aromatic rings. The predicted molar refractivity (Wildman–Crippen MR) is 59.3 cm³/mol. The Morgan fingerprint density at radius 3 is 2.33 bits per heavy atom. The second-order valence-electron chi connectivity index (χ2n) is 6.36. The van der Waals surface area contributed by atoms with Crippen LogP contribution in [0.5, 0.6) is 0 Å². The Hall–Kier alpha value is -0.530. The van der Waals surface area contributed by atoms with E-state index >= 15 is 0 Å². The van der Waals surface area contributed by atoms with Crippen molar-refractivity contribution in [3.63, 3.8) is 0 Å². The van der Waals surface area contributed by atoms with Gasteiger partial charge in [0.05, 0.1) is 5.92 Å². The number of carbonyl (C=O) groups excluding carboxylic acids is 1. The summed E-state index contributed by atoms with van der Waals surface area (Å²) in [7, 11) is 0. The van der Waals surface area contributed by atoms with Gasteiger partial charge < -0.3 is 4.74 Å². The molecular weight excluding hydrogens is 188 g/mol. The molecule has 2 heteroatoms. The van der Waals surface area contributed by atoms with Crippen LogP contribution in [0, 0.1) is 22.7 Å². The molecule has 3 atom stereocenters. The van der Waals surface area contributed by atoms with E-state index in [0.29, 0.717) is 5.41 Å². The lowest BCUT2D eigenvalue weighted by Crippen LogP contribution is -2.36. The Balaban J connectivity index is 2.04. The average Bonchev–Trinajstić information content (AvgIpc) is 2.72. The van der Waals surface area contributed by atoms with Crippen molar-refractivity contribution in [3.8, 4) is 0 Å². The van der Waals surface area contributed by atoms with Gasteiger partial charge in [0.25, 0.3) is 0 Å². The van der Waals surface area contributed by atoms with Crippen LogP contribution in [-0.2, 0) is 9.53 Å². The summed E-state index contributed by atoms with van der Waals surface area (Å²) in [6, 6.07) is 0. The van der Waals surface area contributed by atoms with Crippen LogP contribution < -0.4 is 0 Å². The fourth-order valence-electron chi connectivity index (χ4n) is 2.98. The molecule has 15 heavy (non-hydrogen) atoms. The number of esters is 1. The van der Waals surface area contributed by atoms with E-state index in [-0.39, 0.29) is 23.4 Å². The van der Waals surface area contributed by atoms with Gasteiger partial charge in [0.2, 0.25) is 0 Å². The van der Waals surface area contributed by atoms with Gasteiger partial charge >= 0.3 is 5.97 Å². The molecule has 0 heterocycles. The summed E-state index contributed by atoms with van der Waals surface area (Å²) in [6.07, 6.45) is 2.52. The molecule has 2 aliphatic rings. The summed E-state index contributed by atoms with van der Waals surface area (Å²) < 4.78 is 5.62. The second kappa shape index (κ2) is 2.99. The van der Waals surface area contributed by atoms with Crippen LogP contribution in [0.25, 0.3) is 0 Å². The van der Waals surface area contributed by atoms with Crippen molar-refractivity contribution in [2.75, 3.05) is 0 Å². The largest absolute Gasteiger partial charge is 0.462 e. The van der Waals surface area contributed by atoms with Gasteiger partial charge in [0, 0.05) is 5.41 Å². The zero-order valence-corrected chi connectivity index (χ0v) is 10.5. The lowest BCUT2D eigenvalue weighted by Gasteiger charge is -2.34. The molecule has 0 aromatic heterocycles. The summed E-state index contributed by atoms with van der Waals surface area (Å²) in [5.74, 6) is 0.737. The van der Waals surface area contributed by atoms with Crippen LogP contribution in [-0.4, -0.2) is 12.1 Å². The molecule has 2 nitrogen and oxygen atoms in total. The topological polar surface area (TPSA) is 26.3 Å². The van der Waals surface area contributed by atoms with Gasteiger partial charge in [-0.25, -0.2) is 0 Å². The van der Waals surface area contributed by atoms with Crippen molar-refractivity contribution in [1.29, 1.82) is 0 Å². The van der Waals surface area contributed by atoms with Crippen LogP contribution in [0.3, 0.4) is 0 Å². The van der Waals surface area contributed by atoms with Crippen molar-refractivity contribution in [1.82, 2.24) is 0 Å². The molecule has 2 aliphatic carbocycles. The molecule has 0 aliphatic heterocycles. The van der Waals surface area contributed by atoms with Crippen molar-refractivity contribution in [2.45, 2.75) is 53.6 Å². The van der Waals surface area contributed by atoms with Gasteiger partial charge in [-0.1, -0.05) is 34.6 Å². The van der Waals surface area contributed by atoms with E-state index < -0.39 is 0 Å². The number of hydrogen-bond donors (Lipinski definition) is 0. The minimum Gasteiger partial charge on any atom is -0.462 e. The Morgan fingerprint density at radius 1 is 1.33 bits per heavy atom. The van der Waals surface area contributed by atoms with Crippen molar-refractivity contribution in [3.05, 3.63) is 0 Å². The maximum Gasteiger partial charge on any atom is 0.308 e. The van der Waals surface area contributed by atoms with Crippen LogP contribution in [0.15, 0.2) is 0 Å². The Kier molecular flexibility index (Phi) is 2.19. The molecule has 2 rings (SSSR count). The van der Waals surface area contributed by atoms with Gasteiger partial charge in [0.1, 0.15) is 6.10 Å². The third-order valence-corrected chi connectivity index (χ3v) is 4.92. The van der Waals surface area contributed by atoms with Gasteiger partial charge in [-0.2, -0.15) is 0 Å². The quantitative estimate of drug-likeness (QED) is 0.655. The molecule has 0 spiro atoms. The van der Waals surface area contributed by atoms with Crippen LogP contribution >= 0.6 is 0 Å². The van der Waals surface area contributed by atoms with Gasteiger partial charge in [0.15, 0.2) is 0 Å². The maximum absolute atomic E-state index is 11.6. The summed E-state index contributed by atoms with van der Waals surface area (Å²) in [5, 5.41) is 0. The van der Waals surface area contributed by atoms with Crippen molar-refractivity contribution >= 4 is 5.97 Å². The first-order chi connectivity index (χ1) is 6.79. The van der Waals surface area contributed by atoms with E-state index in [1.54, 1.807) is 0 Å². The highest BCUT2D eigenvalue weighted by atomic mass is 16.5. The molecule has 0 saturated heterocycles. The summed E-state index contributed by atoms with van der Waals surface area (Å²) in [6.45, 7) is 10.6. The molecule has 86 valence electrons. The molecule has 1 unspecified atom stereocenters. The van der Waals surface area contributed by atoms with Gasteiger partial charge in [-0.15, -0.1) is 0 Å². The standard InChI is InChI=1S/C13H22O2/c1-8(2)11(14)15-10-6-9-7-13(9,5)12(10,3)4/h8-10H,6-7H2,1-5H3/t9-,10+,13?/m1/s1. The second-order valence-corrected chi connectivity index (χ2v) is 6.36. The summed E-state index contributed by atoms with van der Waals surface area (Å²) in [5.41, 5.74) is 0.580. The van der Waals surface area contributed by atoms with Crippen LogP contribution in [0.2, 0.25) is 0 Å². The van der Waals surface area contributed by atoms with Crippen LogP contribution in [0.4, 0.5) is 0 Å². The predicted octanol–water partition coefficient (Wildman–Crippen LogP) is 3.01. The molecule has 2 saturated carbocycles. The summed E-state index contributed by atoms with van der Waals surface area (Å²) >= 11 is 0. The number of fused-ring (bicyclic) bond motifs is 1. The highest BCUT2D eigenvalue weighted by molar-refractivity contribution is 5.71. The first kappa shape index (κ1) is 11.0. The normalized spacial score (nSPS) is 41.5. The molecule has 0 aromatic carbocycles. The zero-order chi connectivity index (χ0) is 11.4. The molecule has 0 bridgehead atoms. The number of carbonyl (C=O) groups is 1. The zero-order valence-electron chi connectivity index (χ0n) is 10.5. The highest BCUT2D eigenvalue weighted by Crippen LogP contribution is 2.72. The minimum atomic E-state index is -0.0435. The van der Waals surface area contributed by atoms with E-state index in [9.17, 15) is 4.79 Å². The molecular formula is C13H22O2. The highest BCUT2D eigenvalue weighted by Gasteiger charge is 2.68. The average molecular weight is 210 g/mol. The smallest absolute Gasteiger partial charge is 0.308 e. The van der Waals surface area contributed by atoms with E-state index in [1.165, 1.54) is 6.42 Å². The number of hydrogen-bond acceptors (Lipinski definition) is 2. The maximum atomic E-state index is 11.6. The van der Waals surface area contributed by atoms with Crippen LogP contribution in [0.1, 0.15) is 47.5 Å². The first-order valence-corrected chi connectivity index (χ1v) is 5.99. The van der Waals surface area contributed by atoms with Gasteiger partial charge in [-0.05, 0) is 24.2 Å². The monoisotopic (exact) mass is 210 g/mol. The Bertz CT molecular complexity index is 293. The Morgan fingerprint density at radius 2 is 1.93 bits per heavy atom. The van der Waals surface area contributed by atoms with E-state index in [2.05, 4.69) is 20.8 Å².